The summed E-state index contributed by atoms with van der Waals surface area (Å²) in [5.74, 6) is 0.733. The lowest BCUT2D eigenvalue weighted by atomic mass is 10.1. The van der Waals surface area contributed by atoms with E-state index in [1.807, 2.05) is 36.4 Å². The van der Waals surface area contributed by atoms with Gasteiger partial charge >= 0.3 is 0 Å². The van der Waals surface area contributed by atoms with Crippen LogP contribution in [-0.2, 0) is 10.0 Å². The monoisotopic (exact) mass is 507 g/mol. The molecule has 0 fully saturated rings. The number of aliphatic hydroxyl groups is 1. The Morgan fingerprint density at radius 1 is 1.03 bits per heavy atom. The maximum Gasteiger partial charge on any atom is 0.229 e. The Labute approximate surface area is 201 Å². The van der Waals surface area contributed by atoms with Gasteiger partial charge in [-0.3, -0.25) is 4.72 Å². The van der Waals surface area contributed by atoms with Crippen LogP contribution in [0.5, 0.6) is 5.75 Å². The Morgan fingerprint density at radius 2 is 1.76 bits per heavy atom. The van der Waals surface area contributed by atoms with Gasteiger partial charge in [0.05, 0.1) is 28.6 Å². The van der Waals surface area contributed by atoms with Crippen LogP contribution in [0.1, 0.15) is 11.7 Å². The van der Waals surface area contributed by atoms with Crippen molar-refractivity contribution in [3.8, 4) is 5.75 Å². The van der Waals surface area contributed by atoms with Crippen molar-refractivity contribution in [1.29, 1.82) is 0 Å². The quantitative estimate of drug-likeness (QED) is 0.246. The number of sulfonamides is 1. The number of ether oxygens (including phenoxy) is 1. The van der Waals surface area contributed by atoms with Crippen LogP contribution in [0.2, 0.25) is 10.0 Å². The third-order valence-electron chi connectivity index (χ3n) is 5.09. The van der Waals surface area contributed by atoms with Gasteiger partial charge in [0, 0.05) is 40.5 Å². The average Bonchev–Trinajstić information content (AvgIpc) is 3.10. The van der Waals surface area contributed by atoms with Crippen molar-refractivity contribution in [3.63, 3.8) is 0 Å². The van der Waals surface area contributed by atoms with Crippen LogP contribution in [0.25, 0.3) is 21.8 Å². The molecule has 0 aliphatic rings. The highest BCUT2D eigenvalue weighted by Gasteiger charge is 2.12. The average molecular weight is 508 g/mol. The summed E-state index contributed by atoms with van der Waals surface area (Å²) in [6, 6.07) is 16.4. The Balaban J connectivity index is 1.30. The number of aromatic nitrogens is 1. The minimum Gasteiger partial charge on any atom is -0.492 e. The highest BCUT2D eigenvalue weighted by molar-refractivity contribution is 7.92. The Hall–Kier alpha value is -2.49. The fourth-order valence-corrected chi connectivity index (χ4v) is 4.54. The number of nitrogens with one attached hydrogen (secondary N) is 3. The van der Waals surface area contributed by atoms with Crippen molar-refractivity contribution in [3.05, 3.63) is 70.2 Å². The number of fused-ring (bicyclic) bond motifs is 3. The van der Waals surface area contributed by atoms with E-state index in [4.69, 9.17) is 27.9 Å². The van der Waals surface area contributed by atoms with Gasteiger partial charge in [-0.2, -0.15) is 0 Å². The molecule has 1 heterocycles. The van der Waals surface area contributed by atoms with E-state index in [2.05, 4.69) is 15.0 Å². The molecule has 1 aromatic heterocycles. The van der Waals surface area contributed by atoms with Gasteiger partial charge in [-0.1, -0.05) is 35.3 Å². The lowest BCUT2D eigenvalue weighted by molar-refractivity contribution is 0.172. The Kier molecular flexibility index (Phi) is 7.02. The third kappa shape index (κ3) is 5.90. The summed E-state index contributed by atoms with van der Waals surface area (Å²) in [5, 5.41) is 16.7. The molecule has 0 amide bonds. The van der Waals surface area contributed by atoms with Gasteiger partial charge in [-0.15, -0.1) is 0 Å². The largest absolute Gasteiger partial charge is 0.492 e. The molecule has 33 heavy (non-hydrogen) atoms. The SMILES string of the molecule is CS(=O)(=O)Nc1cc(C(O)CNCCOc2ccc3c(c2)[nH]c2cc(Cl)ccc23)ccc1Cl. The third-order valence-corrected chi connectivity index (χ3v) is 6.24. The molecule has 4 rings (SSSR count). The first-order chi connectivity index (χ1) is 15.7. The van der Waals surface area contributed by atoms with Gasteiger partial charge in [0.25, 0.3) is 0 Å². The summed E-state index contributed by atoms with van der Waals surface area (Å²) in [6.45, 7) is 1.19. The molecule has 1 unspecified atom stereocenters. The molecule has 4 aromatic rings. The number of aromatic amines is 1. The van der Waals surface area contributed by atoms with Gasteiger partial charge in [0.2, 0.25) is 10.0 Å². The summed E-state index contributed by atoms with van der Waals surface area (Å²) in [7, 11) is -3.47. The van der Waals surface area contributed by atoms with Crippen molar-refractivity contribution in [1.82, 2.24) is 10.3 Å². The number of H-pyrrole nitrogens is 1. The van der Waals surface area contributed by atoms with E-state index < -0.39 is 16.1 Å². The van der Waals surface area contributed by atoms with Crippen LogP contribution < -0.4 is 14.8 Å². The van der Waals surface area contributed by atoms with Crippen LogP contribution in [0.3, 0.4) is 0 Å². The van der Waals surface area contributed by atoms with Crippen molar-refractivity contribution < 1.29 is 18.3 Å². The van der Waals surface area contributed by atoms with E-state index in [1.54, 1.807) is 12.1 Å². The van der Waals surface area contributed by atoms with E-state index >= 15 is 0 Å². The lowest BCUT2D eigenvalue weighted by Crippen LogP contribution is -2.26. The molecular formula is C23H23Cl2N3O4S. The van der Waals surface area contributed by atoms with Crippen LogP contribution in [0.15, 0.2) is 54.6 Å². The van der Waals surface area contributed by atoms with E-state index in [9.17, 15) is 13.5 Å². The minimum atomic E-state index is -3.47. The maximum absolute atomic E-state index is 11.5. The summed E-state index contributed by atoms with van der Waals surface area (Å²) in [6.07, 6.45) is 0.205. The molecule has 0 aliphatic heterocycles. The number of hydrogen-bond acceptors (Lipinski definition) is 5. The number of anilines is 1. The second-order valence-electron chi connectivity index (χ2n) is 7.70. The summed E-state index contributed by atoms with van der Waals surface area (Å²) >= 11 is 12.1. The zero-order valence-electron chi connectivity index (χ0n) is 17.7. The fraction of sp³-hybridized carbons (Fsp3) is 0.217. The first-order valence-electron chi connectivity index (χ1n) is 10.2. The first kappa shape index (κ1) is 23.7. The van der Waals surface area contributed by atoms with Crippen molar-refractivity contribution in [2.75, 3.05) is 30.7 Å². The van der Waals surface area contributed by atoms with Gasteiger partial charge in [-0.25, -0.2) is 8.42 Å². The molecular weight excluding hydrogens is 485 g/mol. The standard InChI is InChI=1S/C23H23Cl2N3O4S/c1-33(30,31)28-22-10-14(2-7-19(22)25)23(29)13-26-8-9-32-16-4-6-18-17-5-3-15(24)11-20(17)27-21(18)12-16/h2-7,10-12,23,26-29H,8-9,13H2,1H3. The number of halogens is 2. The first-order valence-corrected chi connectivity index (χ1v) is 12.8. The Morgan fingerprint density at radius 3 is 2.52 bits per heavy atom. The van der Waals surface area contributed by atoms with E-state index in [0.29, 0.717) is 23.7 Å². The molecule has 0 aliphatic carbocycles. The molecule has 3 aromatic carbocycles. The van der Waals surface area contributed by atoms with Gasteiger partial charge in [-0.05, 0) is 42.0 Å². The van der Waals surface area contributed by atoms with Gasteiger partial charge < -0.3 is 20.1 Å². The zero-order chi connectivity index (χ0) is 23.6. The molecule has 0 radical (unpaired) electrons. The van der Waals surface area contributed by atoms with E-state index in [0.717, 1.165) is 33.8 Å². The number of rotatable bonds is 9. The van der Waals surface area contributed by atoms with Crippen LogP contribution in [-0.4, -0.2) is 44.5 Å². The highest BCUT2D eigenvalue weighted by Crippen LogP contribution is 2.30. The second kappa shape index (κ2) is 9.79. The minimum absolute atomic E-state index is 0.230. The Bertz CT molecular complexity index is 1410. The number of hydrogen-bond donors (Lipinski definition) is 4. The van der Waals surface area contributed by atoms with E-state index in [1.165, 1.54) is 6.07 Å². The predicted molar refractivity (Wildman–Crippen MR) is 134 cm³/mol. The summed E-state index contributed by atoms with van der Waals surface area (Å²) < 4.78 is 31.1. The van der Waals surface area contributed by atoms with Crippen molar-refractivity contribution in [2.45, 2.75) is 6.10 Å². The molecule has 174 valence electrons. The molecule has 0 spiro atoms. The molecule has 0 bridgehead atoms. The van der Waals surface area contributed by atoms with E-state index in [-0.39, 0.29) is 17.3 Å². The van der Waals surface area contributed by atoms with Crippen LogP contribution in [0, 0.1) is 0 Å². The zero-order valence-corrected chi connectivity index (χ0v) is 20.1. The fourth-order valence-electron chi connectivity index (χ4n) is 3.58. The lowest BCUT2D eigenvalue weighted by Gasteiger charge is -2.15. The number of aliphatic hydroxyl groups excluding tert-OH is 1. The van der Waals surface area contributed by atoms with Crippen molar-refractivity contribution >= 4 is 60.7 Å². The molecule has 4 N–H and O–H groups in total. The molecule has 1 atom stereocenters. The predicted octanol–water partition coefficient (Wildman–Crippen LogP) is 4.70. The van der Waals surface area contributed by atoms with Gasteiger partial charge in [0.15, 0.2) is 0 Å². The highest BCUT2D eigenvalue weighted by atomic mass is 35.5. The second-order valence-corrected chi connectivity index (χ2v) is 10.3. The smallest absolute Gasteiger partial charge is 0.229 e. The van der Waals surface area contributed by atoms with Crippen molar-refractivity contribution in [2.24, 2.45) is 0 Å². The topological polar surface area (TPSA) is 103 Å². The summed E-state index contributed by atoms with van der Waals surface area (Å²) in [5.41, 5.74) is 2.72. The normalized spacial score (nSPS) is 12.8. The van der Waals surface area contributed by atoms with Gasteiger partial charge in [0.1, 0.15) is 12.4 Å². The molecule has 10 heteroatoms. The number of benzene rings is 3. The molecule has 7 nitrogen and oxygen atoms in total. The summed E-state index contributed by atoms with van der Waals surface area (Å²) in [4.78, 5) is 3.35. The molecule has 0 saturated carbocycles. The van der Waals surface area contributed by atoms with Crippen LogP contribution in [0.4, 0.5) is 5.69 Å². The van der Waals surface area contributed by atoms with Crippen LogP contribution >= 0.6 is 23.2 Å². The maximum atomic E-state index is 11.5. The molecule has 0 saturated heterocycles.